The quantitative estimate of drug-likeness (QED) is 0.853. The summed E-state index contributed by atoms with van der Waals surface area (Å²) in [7, 11) is 0. The van der Waals surface area contributed by atoms with E-state index < -0.39 is 0 Å². The Bertz CT molecular complexity index is 358. The van der Waals surface area contributed by atoms with Crippen LogP contribution in [-0.4, -0.2) is 37.2 Å². The van der Waals surface area contributed by atoms with Crippen molar-refractivity contribution in [3.8, 4) is 0 Å². The van der Waals surface area contributed by atoms with Crippen molar-refractivity contribution in [3.05, 3.63) is 48.2 Å². The molecular weight excluding hydrogens is 212 g/mol. The van der Waals surface area contributed by atoms with Crippen LogP contribution in [0.2, 0.25) is 0 Å². The van der Waals surface area contributed by atoms with E-state index in [1.54, 1.807) is 0 Å². The molecule has 1 aromatic rings. The number of ether oxygens (including phenoxy) is 1. The fraction of sp³-hybridized carbons (Fsp3) is 0.429. The van der Waals surface area contributed by atoms with Crippen molar-refractivity contribution >= 4 is 0 Å². The highest BCUT2D eigenvalue weighted by molar-refractivity contribution is 5.19. The minimum Gasteiger partial charge on any atom is -0.378 e. The van der Waals surface area contributed by atoms with Gasteiger partial charge in [-0.25, -0.2) is 0 Å². The first-order valence-corrected chi connectivity index (χ1v) is 6.08. The summed E-state index contributed by atoms with van der Waals surface area (Å²) in [6.45, 7) is 7.48. The fourth-order valence-electron chi connectivity index (χ4n) is 2.07. The lowest BCUT2D eigenvalue weighted by molar-refractivity contribution is 0.0512. The highest BCUT2D eigenvalue weighted by Crippen LogP contribution is 2.12. The van der Waals surface area contributed by atoms with Crippen molar-refractivity contribution < 1.29 is 4.74 Å². The number of hydrogen-bond donors (Lipinski definition) is 1. The molecule has 3 nitrogen and oxygen atoms in total. The minimum atomic E-state index is -0.00417. The smallest absolute Gasteiger partial charge is 0.0642 e. The molecule has 1 aromatic carbocycles. The van der Waals surface area contributed by atoms with Crippen LogP contribution in [-0.2, 0) is 11.2 Å². The first-order valence-electron chi connectivity index (χ1n) is 6.08. The summed E-state index contributed by atoms with van der Waals surface area (Å²) in [5, 5.41) is 0. The van der Waals surface area contributed by atoms with Crippen molar-refractivity contribution in [1.29, 1.82) is 0 Å². The van der Waals surface area contributed by atoms with Gasteiger partial charge in [-0.1, -0.05) is 36.9 Å². The Hall–Kier alpha value is -1.32. The average Bonchev–Trinajstić information content (AvgIpc) is 2.40. The molecular formula is C14H20N2O. The van der Waals surface area contributed by atoms with Crippen LogP contribution in [0.1, 0.15) is 5.56 Å². The zero-order valence-corrected chi connectivity index (χ0v) is 10.1. The van der Waals surface area contributed by atoms with E-state index >= 15 is 0 Å². The standard InChI is InChI=1S/C14H20N2O/c1-12(16-7-9-17-10-8-16)14(15)11-13-5-3-2-4-6-13/h2-6,14H,1,7-11,15H2/t14-/m0/s1. The molecule has 1 aliphatic heterocycles. The van der Waals surface area contributed by atoms with Crippen molar-refractivity contribution in [1.82, 2.24) is 4.90 Å². The summed E-state index contributed by atoms with van der Waals surface area (Å²) in [4.78, 5) is 2.23. The number of benzene rings is 1. The van der Waals surface area contributed by atoms with E-state index in [-0.39, 0.29) is 6.04 Å². The van der Waals surface area contributed by atoms with Crippen LogP contribution in [0.3, 0.4) is 0 Å². The zero-order valence-electron chi connectivity index (χ0n) is 10.1. The van der Waals surface area contributed by atoms with Crippen molar-refractivity contribution in [3.63, 3.8) is 0 Å². The second-order valence-corrected chi connectivity index (χ2v) is 4.39. The molecule has 1 atom stereocenters. The molecule has 2 rings (SSSR count). The molecule has 0 spiro atoms. The van der Waals surface area contributed by atoms with Crippen LogP contribution in [0.15, 0.2) is 42.6 Å². The molecule has 0 radical (unpaired) electrons. The number of rotatable bonds is 4. The van der Waals surface area contributed by atoms with Crippen molar-refractivity contribution in [2.45, 2.75) is 12.5 Å². The first-order chi connectivity index (χ1) is 8.27. The van der Waals surface area contributed by atoms with Crippen LogP contribution in [0.25, 0.3) is 0 Å². The molecule has 0 saturated carbocycles. The van der Waals surface area contributed by atoms with E-state index in [0.717, 1.165) is 38.4 Å². The van der Waals surface area contributed by atoms with E-state index in [1.165, 1.54) is 5.56 Å². The maximum absolute atomic E-state index is 6.20. The molecule has 1 saturated heterocycles. The monoisotopic (exact) mass is 232 g/mol. The van der Waals surface area contributed by atoms with Gasteiger partial charge >= 0.3 is 0 Å². The summed E-state index contributed by atoms with van der Waals surface area (Å²) < 4.78 is 5.32. The Morgan fingerprint density at radius 3 is 2.59 bits per heavy atom. The molecule has 0 amide bonds. The lowest BCUT2D eigenvalue weighted by Gasteiger charge is -2.33. The maximum atomic E-state index is 6.20. The van der Waals surface area contributed by atoms with Gasteiger partial charge in [-0.15, -0.1) is 0 Å². The van der Waals surface area contributed by atoms with Crippen molar-refractivity contribution in [2.24, 2.45) is 5.73 Å². The van der Waals surface area contributed by atoms with Gasteiger partial charge in [0.05, 0.1) is 13.2 Å². The van der Waals surface area contributed by atoms with Gasteiger partial charge in [0, 0.05) is 24.8 Å². The topological polar surface area (TPSA) is 38.5 Å². The maximum Gasteiger partial charge on any atom is 0.0642 e. The molecule has 2 N–H and O–H groups in total. The molecule has 0 unspecified atom stereocenters. The highest BCUT2D eigenvalue weighted by Gasteiger charge is 2.17. The minimum absolute atomic E-state index is 0.00417. The molecule has 92 valence electrons. The number of hydrogen-bond acceptors (Lipinski definition) is 3. The molecule has 1 fully saturated rings. The third kappa shape index (κ3) is 3.32. The molecule has 0 aliphatic carbocycles. The van der Waals surface area contributed by atoms with Gasteiger partial charge in [0.25, 0.3) is 0 Å². The Kier molecular flexibility index (Phi) is 4.18. The highest BCUT2D eigenvalue weighted by atomic mass is 16.5. The second kappa shape index (κ2) is 5.84. The number of nitrogens with zero attached hydrogens (tertiary/aromatic N) is 1. The third-order valence-electron chi connectivity index (χ3n) is 3.14. The van der Waals surface area contributed by atoms with Gasteiger partial charge < -0.3 is 15.4 Å². The first kappa shape index (κ1) is 12.1. The Balaban J connectivity index is 1.90. The van der Waals surface area contributed by atoms with Gasteiger partial charge in [0.1, 0.15) is 0 Å². The SMILES string of the molecule is C=C([C@@H](N)Cc1ccccc1)N1CCOCC1. The Labute approximate surface area is 103 Å². The zero-order chi connectivity index (χ0) is 12.1. The normalized spacial score (nSPS) is 17.8. The number of morpholine rings is 1. The third-order valence-corrected chi connectivity index (χ3v) is 3.14. The van der Waals surface area contributed by atoms with E-state index in [0.29, 0.717) is 0 Å². The molecule has 17 heavy (non-hydrogen) atoms. The molecule has 0 aromatic heterocycles. The predicted octanol–water partition coefficient (Wildman–Crippen LogP) is 1.40. The largest absolute Gasteiger partial charge is 0.378 e. The van der Waals surface area contributed by atoms with Crippen LogP contribution in [0.4, 0.5) is 0 Å². The van der Waals surface area contributed by atoms with E-state index in [1.807, 2.05) is 18.2 Å². The van der Waals surface area contributed by atoms with E-state index in [2.05, 4.69) is 23.6 Å². The summed E-state index contributed by atoms with van der Waals surface area (Å²) in [5.41, 5.74) is 8.48. The van der Waals surface area contributed by atoms with Crippen LogP contribution >= 0.6 is 0 Å². The summed E-state index contributed by atoms with van der Waals surface area (Å²) in [6, 6.07) is 10.3. The molecule has 1 heterocycles. The van der Waals surface area contributed by atoms with Gasteiger partial charge in [0.15, 0.2) is 0 Å². The molecule has 3 heteroatoms. The van der Waals surface area contributed by atoms with Crippen LogP contribution in [0.5, 0.6) is 0 Å². The summed E-state index contributed by atoms with van der Waals surface area (Å²) in [5.74, 6) is 0. The fourth-order valence-corrected chi connectivity index (χ4v) is 2.07. The number of nitrogens with two attached hydrogens (primary N) is 1. The Morgan fingerprint density at radius 1 is 1.29 bits per heavy atom. The van der Waals surface area contributed by atoms with E-state index in [4.69, 9.17) is 10.5 Å². The van der Waals surface area contributed by atoms with Crippen LogP contribution in [0, 0.1) is 0 Å². The lowest BCUT2D eigenvalue weighted by Crippen LogP contribution is -2.42. The Morgan fingerprint density at radius 2 is 1.94 bits per heavy atom. The summed E-state index contributed by atoms with van der Waals surface area (Å²) >= 11 is 0. The van der Waals surface area contributed by atoms with Crippen LogP contribution < -0.4 is 5.73 Å². The summed E-state index contributed by atoms with van der Waals surface area (Å²) in [6.07, 6.45) is 0.844. The average molecular weight is 232 g/mol. The predicted molar refractivity (Wildman–Crippen MR) is 69.7 cm³/mol. The van der Waals surface area contributed by atoms with Gasteiger partial charge in [-0.2, -0.15) is 0 Å². The lowest BCUT2D eigenvalue weighted by atomic mass is 10.0. The second-order valence-electron chi connectivity index (χ2n) is 4.39. The molecule has 1 aliphatic rings. The molecule has 0 bridgehead atoms. The van der Waals surface area contributed by atoms with Gasteiger partial charge in [-0.05, 0) is 12.0 Å². The van der Waals surface area contributed by atoms with Gasteiger partial charge in [0.2, 0.25) is 0 Å². The van der Waals surface area contributed by atoms with E-state index in [9.17, 15) is 0 Å². The van der Waals surface area contributed by atoms with Gasteiger partial charge in [-0.3, -0.25) is 0 Å². The van der Waals surface area contributed by atoms with Crippen molar-refractivity contribution in [2.75, 3.05) is 26.3 Å².